The maximum absolute atomic E-state index is 12.4. The molecule has 1 N–H and O–H groups in total. The van der Waals surface area contributed by atoms with Gasteiger partial charge in [-0.2, -0.15) is 8.96 Å². The monoisotopic (exact) mass is 255 g/mol. The topological polar surface area (TPSA) is 12.0 Å². The quantitative estimate of drug-likeness (QED) is 0.247. The van der Waals surface area contributed by atoms with E-state index in [4.69, 9.17) is 11.6 Å². The average molecular weight is 256 g/mol. The number of nitrogens with one attached hydrogen (secondary N) is 1. The highest BCUT2D eigenvalue weighted by molar-refractivity contribution is 9.09. The second kappa shape index (κ2) is 6.59. The molecule has 0 amide bonds. The van der Waals surface area contributed by atoms with Gasteiger partial charge in [-0.25, -0.2) is 8.78 Å². The van der Waals surface area contributed by atoms with Gasteiger partial charge in [-0.3, -0.25) is 0 Å². The second-order valence-corrected chi connectivity index (χ2v) is 7.56. The molecule has 0 aromatic rings. The first kappa shape index (κ1) is 13.2. The van der Waals surface area contributed by atoms with Crippen LogP contribution >= 0.6 is 43.9 Å². The van der Waals surface area contributed by atoms with Crippen LogP contribution in [0.5, 0.6) is 0 Å². The van der Waals surface area contributed by atoms with Crippen molar-refractivity contribution in [1.29, 1.82) is 0 Å². The molecule has 0 atom stereocenters. The Morgan fingerprint density at radius 2 is 2.00 bits per heavy atom. The van der Waals surface area contributed by atoms with Crippen molar-refractivity contribution in [2.75, 3.05) is 24.7 Å². The Morgan fingerprint density at radius 3 is 2.42 bits per heavy atom. The Bertz CT molecular complexity index is 125. The van der Waals surface area contributed by atoms with Crippen molar-refractivity contribution in [2.24, 2.45) is 0 Å². The van der Waals surface area contributed by atoms with Crippen molar-refractivity contribution >= 4 is 43.9 Å². The Hall–Kier alpha value is 1.16. The van der Waals surface area contributed by atoms with E-state index in [2.05, 4.69) is 28.6 Å². The predicted molar refractivity (Wildman–Crippen MR) is 60.4 cm³/mol. The maximum Gasteiger partial charge on any atom is 0.273 e. The smallest absolute Gasteiger partial charge is 0.273 e. The van der Waals surface area contributed by atoms with Gasteiger partial charge in [0.25, 0.3) is 5.92 Å². The molecule has 0 spiro atoms. The van der Waals surface area contributed by atoms with Crippen LogP contribution in [0.1, 0.15) is 0 Å². The summed E-state index contributed by atoms with van der Waals surface area (Å²) >= 11 is 13.1. The molecule has 0 radical (unpaired) electrons. The van der Waals surface area contributed by atoms with Crippen molar-refractivity contribution < 1.29 is 8.78 Å². The Kier molecular flexibility index (Phi) is 7.23. The van der Waals surface area contributed by atoms with Crippen molar-refractivity contribution in [3.63, 3.8) is 0 Å². The van der Waals surface area contributed by atoms with Crippen LogP contribution in [0.4, 0.5) is 8.78 Å². The van der Waals surface area contributed by atoms with E-state index in [1.807, 2.05) is 0 Å². The van der Waals surface area contributed by atoms with Crippen LogP contribution < -0.4 is 5.32 Å². The van der Waals surface area contributed by atoms with E-state index in [0.29, 0.717) is 12.3 Å². The molecule has 0 unspecified atom stereocenters. The van der Waals surface area contributed by atoms with Crippen LogP contribution in [0.15, 0.2) is 0 Å². The lowest BCUT2D eigenvalue weighted by atomic mass is 10.4. The summed E-state index contributed by atoms with van der Waals surface area (Å²) in [4.78, 5) is 0. The second-order valence-electron chi connectivity index (χ2n) is 2.26. The summed E-state index contributed by atoms with van der Waals surface area (Å²) in [6, 6.07) is 0. The standard InChI is InChI=1S/C5H12ClF2NS3/c6-3-5(7,8)4-9-1-2-12(10)11/h9-12H,1-4H2. The molecule has 0 saturated carbocycles. The molecule has 1 nitrogen and oxygen atoms in total. The van der Waals surface area contributed by atoms with Crippen LogP contribution in [-0.2, 0) is 0 Å². The van der Waals surface area contributed by atoms with Crippen LogP contribution in [0.3, 0.4) is 0 Å². The summed E-state index contributed by atoms with van der Waals surface area (Å²) in [5, 5.41) is 2.59. The van der Waals surface area contributed by atoms with Gasteiger partial charge in [0.2, 0.25) is 0 Å². The Balaban J connectivity index is 3.31. The molecular formula is C5H12ClF2NS3. The number of alkyl halides is 3. The van der Waals surface area contributed by atoms with E-state index < -0.39 is 20.8 Å². The fraction of sp³-hybridized carbons (Fsp3) is 1.00. The van der Waals surface area contributed by atoms with Gasteiger partial charge in [0.1, 0.15) is 0 Å². The van der Waals surface area contributed by atoms with E-state index in [1.165, 1.54) is 0 Å². The number of rotatable bonds is 6. The van der Waals surface area contributed by atoms with Crippen LogP contribution in [0.25, 0.3) is 0 Å². The van der Waals surface area contributed by atoms with Gasteiger partial charge in [-0.1, -0.05) is 0 Å². The third-order valence-electron chi connectivity index (χ3n) is 1.07. The van der Waals surface area contributed by atoms with Crippen LogP contribution in [-0.4, -0.2) is 30.6 Å². The first-order valence-corrected chi connectivity index (χ1v) is 7.64. The van der Waals surface area contributed by atoms with Gasteiger partial charge in [0.05, 0.1) is 12.4 Å². The Morgan fingerprint density at radius 1 is 1.42 bits per heavy atom. The molecule has 0 bridgehead atoms. The summed E-state index contributed by atoms with van der Waals surface area (Å²) in [7, 11) is -0.604. The fourth-order valence-electron chi connectivity index (χ4n) is 0.498. The number of hydrogen-bond donors (Lipinski definition) is 4. The average Bonchev–Trinajstić information content (AvgIpc) is 1.98. The van der Waals surface area contributed by atoms with E-state index in [1.54, 1.807) is 0 Å². The van der Waals surface area contributed by atoms with Crippen molar-refractivity contribution in [3.05, 3.63) is 0 Å². The minimum absolute atomic E-state index is 0.374. The molecule has 7 heteroatoms. The minimum atomic E-state index is -2.81. The molecule has 12 heavy (non-hydrogen) atoms. The molecule has 0 aromatic carbocycles. The van der Waals surface area contributed by atoms with Gasteiger partial charge < -0.3 is 5.32 Å². The molecule has 0 aromatic heterocycles. The summed E-state index contributed by atoms with van der Waals surface area (Å²) in [5.41, 5.74) is 0. The van der Waals surface area contributed by atoms with Crippen molar-refractivity contribution in [3.8, 4) is 0 Å². The van der Waals surface area contributed by atoms with Gasteiger partial charge in [0.15, 0.2) is 0 Å². The van der Waals surface area contributed by atoms with Crippen LogP contribution in [0.2, 0.25) is 0 Å². The van der Waals surface area contributed by atoms with Crippen molar-refractivity contribution in [1.82, 2.24) is 5.32 Å². The van der Waals surface area contributed by atoms with Gasteiger partial charge in [-0.15, -0.1) is 34.9 Å². The van der Waals surface area contributed by atoms with E-state index in [0.717, 1.165) is 0 Å². The molecule has 0 aliphatic rings. The largest absolute Gasteiger partial charge is 0.310 e. The van der Waals surface area contributed by atoms with Gasteiger partial charge in [-0.05, 0) is 0 Å². The highest BCUT2D eigenvalue weighted by atomic mass is 35.5. The molecule has 0 rings (SSSR count). The van der Waals surface area contributed by atoms with Crippen LogP contribution in [0, 0.1) is 0 Å². The SMILES string of the molecule is FC(F)(CCl)CNCC[SH](S)S. The zero-order chi connectivity index (χ0) is 9.61. The zero-order valence-corrected chi connectivity index (χ0v) is 9.74. The molecule has 0 aliphatic heterocycles. The molecule has 0 saturated heterocycles. The minimum Gasteiger partial charge on any atom is -0.310 e. The lowest BCUT2D eigenvalue weighted by Crippen LogP contribution is -2.35. The molecule has 0 fully saturated rings. The predicted octanol–water partition coefficient (Wildman–Crippen LogP) is 2.14. The molecular weight excluding hydrogens is 244 g/mol. The fourth-order valence-corrected chi connectivity index (χ4v) is 1.55. The third-order valence-corrected chi connectivity index (χ3v) is 3.28. The molecule has 0 heterocycles. The first-order valence-electron chi connectivity index (χ1n) is 3.28. The zero-order valence-electron chi connectivity index (χ0n) is 6.30. The summed E-state index contributed by atoms with van der Waals surface area (Å²) in [6.45, 7) is 0.131. The maximum atomic E-state index is 12.4. The highest BCUT2D eigenvalue weighted by Crippen LogP contribution is 2.33. The summed E-state index contributed by atoms with van der Waals surface area (Å²) in [6.07, 6.45) is 0. The Labute approximate surface area is 88.6 Å². The van der Waals surface area contributed by atoms with Gasteiger partial charge in [0, 0.05) is 12.3 Å². The third kappa shape index (κ3) is 7.79. The van der Waals surface area contributed by atoms with Crippen molar-refractivity contribution in [2.45, 2.75) is 5.92 Å². The number of thiol groups is 3. The summed E-state index contributed by atoms with van der Waals surface area (Å²) < 4.78 is 24.9. The lowest BCUT2D eigenvalue weighted by molar-refractivity contribution is 0.0272. The van der Waals surface area contributed by atoms with E-state index in [9.17, 15) is 8.78 Å². The highest BCUT2D eigenvalue weighted by Gasteiger charge is 2.26. The normalized spacial score (nSPS) is 13.2. The van der Waals surface area contributed by atoms with E-state index >= 15 is 0 Å². The number of halogens is 3. The molecule has 0 aliphatic carbocycles. The van der Waals surface area contributed by atoms with Gasteiger partial charge >= 0.3 is 0 Å². The number of hydrogen-bond acceptors (Lipinski definition) is 3. The van der Waals surface area contributed by atoms with E-state index in [-0.39, 0.29) is 6.54 Å². The molecule has 76 valence electrons. The lowest BCUT2D eigenvalue weighted by Gasteiger charge is -2.14. The summed E-state index contributed by atoms with van der Waals surface area (Å²) in [5.74, 6) is -2.74. The first-order chi connectivity index (χ1) is 5.48.